The third-order valence-corrected chi connectivity index (χ3v) is 6.63. The van der Waals surface area contributed by atoms with Crippen molar-refractivity contribution in [2.24, 2.45) is 10.2 Å². The molecule has 1 unspecified atom stereocenters. The highest BCUT2D eigenvalue weighted by Gasteiger charge is 2.39. The van der Waals surface area contributed by atoms with Gasteiger partial charge in [0.2, 0.25) is 9.84 Å². The Balaban J connectivity index is 1.94. The zero-order chi connectivity index (χ0) is 19.9. The molecular weight excluding hydrogens is 374 g/mol. The number of benzene rings is 2. The zero-order valence-electron chi connectivity index (χ0n) is 15.1. The summed E-state index contributed by atoms with van der Waals surface area (Å²) in [5, 5.41) is 28.1. The molecule has 2 aromatic rings. The lowest BCUT2D eigenvalue weighted by atomic mass is 9.83. The highest BCUT2D eigenvalue weighted by Crippen LogP contribution is 2.38. The van der Waals surface area contributed by atoms with E-state index in [1.807, 2.05) is 6.92 Å². The number of aryl methyl sites for hydroxylation is 1. The number of aliphatic hydroxyl groups is 1. The van der Waals surface area contributed by atoms with E-state index in [4.69, 9.17) is 0 Å². The molecule has 0 spiro atoms. The Bertz CT molecular complexity index is 1200. The molecule has 2 aromatic carbocycles. The fourth-order valence-corrected chi connectivity index (χ4v) is 4.87. The van der Waals surface area contributed by atoms with E-state index in [2.05, 4.69) is 16.3 Å². The van der Waals surface area contributed by atoms with Crippen LogP contribution in [0, 0.1) is 18.3 Å². The lowest BCUT2D eigenvalue weighted by molar-refractivity contribution is 0.222. The molecular formula is C21H17N3O3S. The standard InChI is InChI=1S/C21H17N3O3S/c1-13-6-8-15(9-7-13)28(26,27)21-20-17(23-24-21)10-11-18(25)19(20)16-5-3-2-4-14(16)12-22/h2-9,18,25H,10-11H2,1H3. The maximum atomic E-state index is 13.3. The van der Waals surface area contributed by atoms with Gasteiger partial charge in [0.05, 0.1) is 28.3 Å². The lowest BCUT2D eigenvalue weighted by Gasteiger charge is -2.25. The van der Waals surface area contributed by atoms with Crippen LogP contribution in [0.2, 0.25) is 0 Å². The molecule has 28 heavy (non-hydrogen) atoms. The first-order valence-electron chi connectivity index (χ1n) is 8.82. The second-order valence-electron chi connectivity index (χ2n) is 6.77. The van der Waals surface area contributed by atoms with Gasteiger partial charge in [-0.3, -0.25) is 0 Å². The maximum Gasteiger partial charge on any atom is 0.226 e. The van der Waals surface area contributed by atoms with Crippen LogP contribution in [-0.2, 0) is 9.84 Å². The third kappa shape index (κ3) is 2.87. The van der Waals surface area contributed by atoms with Crippen LogP contribution in [0.3, 0.4) is 0 Å². The average molecular weight is 391 g/mol. The Hall–Kier alpha value is -3.08. The number of aliphatic hydroxyl groups excluding tert-OH is 1. The van der Waals surface area contributed by atoms with Crippen molar-refractivity contribution >= 4 is 26.2 Å². The molecule has 1 aliphatic heterocycles. The maximum absolute atomic E-state index is 13.3. The number of hydrogen-bond acceptors (Lipinski definition) is 6. The predicted molar refractivity (Wildman–Crippen MR) is 107 cm³/mol. The number of nitrogens with zero attached hydrogens (tertiary/aromatic N) is 3. The van der Waals surface area contributed by atoms with Crippen LogP contribution in [0.15, 0.2) is 69.2 Å². The van der Waals surface area contributed by atoms with Crippen LogP contribution in [0.25, 0.3) is 5.57 Å². The molecule has 0 aromatic heterocycles. The highest BCUT2D eigenvalue weighted by molar-refractivity contribution is 8.07. The molecule has 0 amide bonds. The Morgan fingerprint density at radius 2 is 1.82 bits per heavy atom. The number of nitriles is 1. The second-order valence-corrected chi connectivity index (χ2v) is 8.63. The molecule has 0 bridgehead atoms. The molecule has 0 saturated carbocycles. The van der Waals surface area contributed by atoms with Crippen LogP contribution in [0.5, 0.6) is 0 Å². The molecule has 1 N–H and O–H groups in total. The van der Waals surface area contributed by atoms with Gasteiger partial charge < -0.3 is 5.11 Å². The first-order chi connectivity index (χ1) is 13.4. The van der Waals surface area contributed by atoms with Crippen LogP contribution < -0.4 is 0 Å². The Morgan fingerprint density at radius 3 is 2.54 bits per heavy atom. The van der Waals surface area contributed by atoms with Crippen molar-refractivity contribution in [1.82, 2.24) is 0 Å². The van der Waals surface area contributed by atoms with Crippen LogP contribution in [0.4, 0.5) is 0 Å². The first kappa shape index (κ1) is 18.3. The fourth-order valence-electron chi connectivity index (χ4n) is 3.51. The van der Waals surface area contributed by atoms with E-state index in [0.29, 0.717) is 40.8 Å². The SMILES string of the molecule is Cc1ccc(S(=O)(=O)C2=NN=C3CCC(O)C(c4ccccc4C#N)=C32)cc1. The first-order valence-corrected chi connectivity index (χ1v) is 10.3. The summed E-state index contributed by atoms with van der Waals surface area (Å²) in [5.41, 5.74) is 3.06. The summed E-state index contributed by atoms with van der Waals surface area (Å²) in [7, 11) is -3.93. The third-order valence-electron chi connectivity index (χ3n) is 4.94. The zero-order valence-corrected chi connectivity index (χ0v) is 15.9. The van der Waals surface area contributed by atoms with Crippen molar-refractivity contribution in [3.8, 4) is 6.07 Å². The molecule has 140 valence electrons. The Labute approximate surface area is 163 Å². The summed E-state index contributed by atoms with van der Waals surface area (Å²) in [6.07, 6.45) is -0.0874. The van der Waals surface area contributed by atoms with Gasteiger partial charge in [-0.15, -0.1) is 5.10 Å². The summed E-state index contributed by atoms with van der Waals surface area (Å²) in [4.78, 5) is 0.119. The lowest BCUT2D eigenvalue weighted by Crippen LogP contribution is -2.28. The van der Waals surface area contributed by atoms with E-state index in [1.165, 1.54) is 12.1 Å². The predicted octanol–water partition coefficient (Wildman–Crippen LogP) is 3.02. The summed E-state index contributed by atoms with van der Waals surface area (Å²) in [5.74, 6) is 0. The summed E-state index contributed by atoms with van der Waals surface area (Å²) in [6.45, 7) is 1.88. The van der Waals surface area contributed by atoms with Gasteiger partial charge in [-0.25, -0.2) is 8.42 Å². The molecule has 2 aliphatic rings. The summed E-state index contributed by atoms with van der Waals surface area (Å²) in [6, 6.07) is 15.5. The summed E-state index contributed by atoms with van der Waals surface area (Å²) >= 11 is 0. The minimum absolute atomic E-state index is 0.119. The van der Waals surface area contributed by atoms with E-state index >= 15 is 0 Å². The van der Waals surface area contributed by atoms with E-state index in [0.717, 1.165) is 5.56 Å². The van der Waals surface area contributed by atoms with Gasteiger partial charge >= 0.3 is 0 Å². The fraction of sp³-hybridized carbons (Fsp3) is 0.190. The van der Waals surface area contributed by atoms with E-state index in [-0.39, 0.29) is 9.94 Å². The van der Waals surface area contributed by atoms with Gasteiger partial charge in [-0.05, 0) is 43.5 Å². The largest absolute Gasteiger partial charge is 0.388 e. The monoisotopic (exact) mass is 391 g/mol. The van der Waals surface area contributed by atoms with Gasteiger partial charge in [-0.2, -0.15) is 10.4 Å². The van der Waals surface area contributed by atoms with Gasteiger partial charge in [-0.1, -0.05) is 35.9 Å². The molecule has 7 heteroatoms. The average Bonchev–Trinajstić information content (AvgIpc) is 3.13. The smallest absolute Gasteiger partial charge is 0.226 e. The van der Waals surface area contributed by atoms with Gasteiger partial charge in [0.25, 0.3) is 0 Å². The van der Waals surface area contributed by atoms with Crippen molar-refractivity contribution in [3.63, 3.8) is 0 Å². The van der Waals surface area contributed by atoms with Crippen LogP contribution >= 0.6 is 0 Å². The molecule has 0 radical (unpaired) electrons. The number of sulfone groups is 1. The van der Waals surface area contributed by atoms with Crippen molar-refractivity contribution < 1.29 is 13.5 Å². The topological polar surface area (TPSA) is 103 Å². The Morgan fingerprint density at radius 1 is 1.11 bits per heavy atom. The summed E-state index contributed by atoms with van der Waals surface area (Å²) < 4.78 is 26.5. The Kier molecular flexibility index (Phi) is 4.46. The van der Waals surface area contributed by atoms with Gasteiger partial charge in [0, 0.05) is 11.1 Å². The number of rotatable bonds is 2. The molecule has 1 heterocycles. The minimum Gasteiger partial charge on any atom is -0.388 e. The molecule has 0 fully saturated rings. The molecule has 1 aliphatic carbocycles. The van der Waals surface area contributed by atoms with E-state index in [1.54, 1.807) is 36.4 Å². The van der Waals surface area contributed by atoms with Crippen molar-refractivity contribution in [1.29, 1.82) is 5.26 Å². The number of fused-ring (bicyclic) bond motifs is 1. The van der Waals surface area contributed by atoms with E-state index in [9.17, 15) is 18.8 Å². The quantitative estimate of drug-likeness (QED) is 0.850. The van der Waals surface area contributed by atoms with Crippen molar-refractivity contribution in [2.75, 3.05) is 0 Å². The molecule has 4 rings (SSSR count). The molecule has 0 saturated heterocycles. The molecule has 6 nitrogen and oxygen atoms in total. The second kappa shape index (κ2) is 6.82. The van der Waals surface area contributed by atoms with Crippen molar-refractivity contribution in [2.45, 2.75) is 30.8 Å². The minimum atomic E-state index is -3.93. The number of hydrogen-bond donors (Lipinski definition) is 1. The molecule has 1 atom stereocenters. The van der Waals surface area contributed by atoms with Crippen LogP contribution in [-0.4, -0.2) is 30.4 Å². The van der Waals surface area contributed by atoms with Gasteiger partial charge in [0.15, 0.2) is 5.04 Å². The van der Waals surface area contributed by atoms with E-state index < -0.39 is 15.9 Å². The highest BCUT2D eigenvalue weighted by atomic mass is 32.2. The van der Waals surface area contributed by atoms with Gasteiger partial charge in [0.1, 0.15) is 0 Å². The normalized spacial score (nSPS) is 19.0. The van der Waals surface area contributed by atoms with Crippen molar-refractivity contribution in [3.05, 3.63) is 70.8 Å². The van der Waals surface area contributed by atoms with Crippen LogP contribution in [0.1, 0.15) is 29.5 Å².